The highest BCUT2D eigenvalue weighted by atomic mass is 32.2. The molecule has 3 N–H and O–H groups in total. The zero-order valence-corrected chi connectivity index (χ0v) is 19.8. The Hall–Kier alpha value is -3.68. The first-order valence-electron chi connectivity index (χ1n) is 10.6. The van der Waals surface area contributed by atoms with Crippen molar-refractivity contribution in [2.24, 2.45) is 0 Å². The van der Waals surface area contributed by atoms with Gasteiger partial charge < -0.3 is 14.9 Å². The zero-order valence-electron chi connectivity index (χ0n) is 19.0. The van der Waals surface area contributed by atoms with Crippen molar-refractivity contribution in [2.45, 2.75) is 19.6 Å². The Bertz CT molecular complexity index is 1410. The highest BCUT2D eigenvalue weighted by Gasteiger charge is 2.18. The summed E-state index contributed by atoms with van der Waals surface area (Å²) in [5, 5.41) is 21.6. The number of aromatic nitrogens is 5. The summed E-state index contributed by atoms with van der Waals surface area (Å²) in [5.74, 6) is 0.413. The molecule has 0 spiro atoms. The molecule has 4 aromatic rings. The van der Waals surface area contributed by atoms with Crippen molar-refractivity contribution in [3.63, 3.8) is 0 Å². The highest BCUT2D eigenvalue weighted by molar-refractivity contribution is 7.88. The molecule has 0 aliphatic rings. The number of hydrogen-bond acceptors (Lipinski definition) is 9. The Morgan fingerprint density at radius 2 is 2.00 bits per heavy atom. The highest BCUT2D eigenvalue weighted by Crippen LogP contribution is 2.26. The van der Waals surface area contributed by atoms with Gasteiger partial charge in [-0.25, -0.2) is 27.5 Å². The van der Waals surface area contributed by atoms with Crippen molar-refractivity contribution >= 4 is 15.8 Å². The molecule has 1 unspecified atom stereocenters. The number of aliphatic hydroxyl groups excluding tert-OH is 1. The minimum Gasteiger partial charge on any atom is -0.390 e. The van der Waals surface area contributed by atoms with Crippen LogP contribution in [-0.2, 0) is 16.6 Å². The van der Waals surface area contributed by atoms with Crippen LogP contribution in [0, 0.1) is 12.7 Å². The molecule has 0 amide bonds. The van der Waals surface area contributed by atoms with Gasteiger partial charge in [0.1, 0.15) is 29.3 Å². The maximum Gasteiger partial charge on any atom is 0.208 e. The standard InChI is InChI=1S/C22H24FN7O4S/c1-14-10-24-22(27-21(14)25-11-16(31)12-26-35(2,32)33)19-9-20(18-7-8-34-29-18)30(28-19)13-15-5-3-4-6-17(15)23/h3-10,16,26,31H,11-13H2,1-2H3,(H,24,25,27). The molecule has 0 saturated carbocycles. The van der Waals surface area contributed by atoms with E-state index in [1.807, 2.05) is 0 Å². The quantitative estimate of drug-likeness (QED) is 0.296. The lowest BCUT2D eigenvalue weighted by Crippen LogP contribution is -2.35. The first-order chi connectivity index (χ1) is 16.7. The molecule has 184 valence electrons. The van der Waals surface area contributed by atoms with Crippen LogP contribution in [-0.4, -0.2) is 63.9 Å². The summed E-state index contributed by atoms with van der Waals surface area (Å²) in [6, 6.07) is 9.84. The molecule has 11 nitrogen and oxygen atoms in total. The van der Waals surface area contributed by atoms with Gasteiger partial charge in [0, 0.05) is 36.5 Å². The first kappa shape index (κ1) is 24.4. The van der Waals surface area contributed by atoms with Crippen molar-refractivity contribution in [1.82, 2.24) is 29.6 Å². The molecule has 0 radical (unpaired) electrons. The third-order valence-corrected chi connectivity index (χ3v) is 5.74. The Balaban J connectivity index is 1.59. The lowest BCUT2D eigenvalue weighted by atomic mass is 10.2. The van der Waals surface area contributed by atoms with E-state index < -0.39 is 16.1 Å². The predicted octanol–water partition coefficient (Wildman–Crippen LogP) is 1.81. The maximum atomic E-state index is 14.3. The van der Waals surface area contributed by atoms with Crippen LogP contribution in [0.5, 0.6) is 0 Å². The van der Waals surface area contributed by atoms with Crippen molar-refractivity contribution in [2.75, 3.05) is 24.7 Å². The second-order valence-electron chi connectivity index (χ2n) is 7.93. The number of nitrogens with one attached hydrogen (secondary N) is 2. The third kappa shape index (κ3) is 6.26. The molecule has 1 aromatic carbocycles. The molecular formula is C22H24FN7O4S. The van der Waals surface area contributed by atoms with Gasteiger partial charge in [0.05, 0.1) is 24.6 Å². The Labute approximate surface area is 201 Å². The second kappa shape index (κ2) is 10.3. The molecule has 3 heterocycles. The minimum absolute atomic E-state index is 0.0612. The van der Waals surface area contributed by atoms with E-state index in [-0.39, 0.29) is 25.5 Å². The number of hydrogen-bond donors (Lipinski definition) is 3. The van der Waals surface area contributed by atoms with E-state index in [2.05, 4.69) is 30.3 Å². The molecule has 0 bridgehead atoms. The van der Waals surface area contributed by atoms with Gasteiger partial charge in [0.2, 0.25) is 10.0 Å². The molecule has 13 heteroatoms. The largest absolute Gasteiger partial charge is 0.390 e. The lowest BCUT2D eigenvalue weighted by molar-refractivity contribution is 0.191. The smallest absolute Gasteiger partial charge is 0.208 e. The summed E-state index contributed by atoms with van der Waals surface area (Å²) in [5.41, 5.74) is 2.72. The van der Waals surface area contributed by atoms with Crippen LogP contribution < -0.4 is 10.0 Å². The number of rotatable bonds is 10. The summed E-state index contributed by atoms with van der Waals surface area (Å²) < 4.78 is 45.5. The number of sulfonamides is 1. The van der Waals surface area contributed by atoms with Crippen LogP contribution in [0.2, 0.25) is 0 Å². The average Bonchev–Trinajstić information content (AvgIpc) is 3.48. The van der Waals surface area contributed by atoms with E-state index in [4.69, 9.17) is 4.52 Å². The van der Waals surface area contributed by atoms with Gasteiger partial charge in [0.25, 0.3) is 0 Å². The topological polar surface area (TPSA) is 148 Å². The maximum absolute atomic E-state index is 14.3. The number of benzene rings is 1. The number of anilines is 1. The van der Waals surface area contributed by atoms with E-state index in [9.17, 15) is 17.9 Å². The summed E-state index contributed by atoms with van der Waals surface area (Å²) in [4.78, 5) is 8.88. The Kier molecular flexibility index (Phi) is 7.19. The molecule has 0 fully saturated rings. The van der Waals surface area contributed by atoms with Gasteiger partial charge >= 0.3 is 0 Å². The molecule has 35 heavy (non-hydrogen) atoms. The third-order valence-electron chi connectivity index (χ3n) is 5.05. The van der Waals surface area contributed by atoms with Gasteiger partial charge in [0.15, 0.2) is 5.82 Å². The van der Waals surface area contributed by atoms with E-state index >= 15 is 0 Å². The van der Waals surface area contributed by atoms with E-state index in [0.717, 1.165) is 11.8 Å². The summed E-state index contributed by atoms with van der Waals surface area (Å²) >= 11 is 0. The van der Waals surface area contributed by atoms with Crippen molar-refractivity contribution < 1.29 is 22.4 Å². The summed E-state index contributed by atoms with van der Waals surface area (Å²) in [7, 11) is -3.41. The molecule has 3 aromatic heterocycles. The second-order valence-corrected chi connectivity index (χ2v) is 9.76. The van der Waals surface area contributed by atoms with E-state index in [1.54, 1.807) is 48.1 Å². The van der Waals surface area contributed by atoms with Crippen LogP contribution in [0.15, 0.2) is 53.4 Å². The van der Waals surface area contributed by atoms with Gasteiger partial charge in [-0.05, 0) is 19.1 Å². The summed E-state index contributed by atoms with van der Waals surface area (Å²) in [6.07, 6.45) is 3.09. The molecule has 1 atom stereocenters. The Morgan fingerprint density at radius 3 is 2.71 bits per heavy atom. The van der Waals surface area contributed by atoms with Crippen LogP contribution in [0.4, 0.5) is 10.2 Å². The van der Waals surface area contributed by atoms with Gasteiger partial charge in [-0.3, -0.25) is 4.68 Å². The zero-order chi connectivity index (χ0) is 25.0. The fraction of sp³-hybridized carbons (Fsp3) is 0.273. The first-order valence-corrected chi connectivity index (χ1v) is 12.5. The fourth-order valence-electron chi connectivity index (χ4n) is 3.26. The van der Waals surface area contributed by atoms with Crippen molar-refractivity contribution in [3.8, 4) is 22.9 Å². The molecular weight excluding hydrogens is 477 g/mol. The number of aliphatic hydroxyl groups is 1. The Morgan fingerprint density at radius 1 is 1.20 bits per heavy atom. The van der Waals surface area contributed by atoms with E-state index in [1.165, 1.54) is 12.3 Å². The van der Waals surface area contributed by atoms with Gasteiger partial charge in [-0.15, -0.1) is 0 Å². The van der Waals surface area contributed by atoms with Crippen LogP contribution in [0.25, 0.3) is 22.9 Å². The van der Waals surface area contributed by atoms with Crippen LogP contribution in [0.1, 0.15) is 11.1 Å². The van der Waals surface area contributed by atoms with Gasteiger partial charge in [-0.2, -0.15) is 5.10 Å². The summed E-state index contributed by atoms with van der Waals surface area (Å²) in [6.45, 7) is 1.88. The molecule has 4 rings (SSSR count). The lowest BCUT2D eigenvalue weighted by Gasteiger charge is -2.14. The van der Waals surface area contributed by atoms with Crippen molar-refractivity contribution in [1.29, 1.82) is 0 Å². The fourth-order valence-corrected chi connectivity index (χ4v) is 3.76. The number of aryl methyl sites for hydroxylation is 1. The average molecular weight is 502 g/mol. The van der Waals surface area contributed by atoms with Crippen LogP contribution in [0.3, 0.4) is 0 Å². The predicted molar refractivity (Wildman–Crippen MR) is 126 cm³/mol. The van der Waals surface area contributed by atoms with Crippen molar-refractivity contribution in [3.05, 3.63) is 65.8 Å². The van der Waals surface area contributed by atoms with Crippen LogP contribution >= 0.6 is 0 Å². The number of halogens is 1. The van der Waals surface area contributed by atoms with Gasteiger partial charge in [-0.1, -0.05) is 23.4 Å². The van der Waals surface area contributed by atoms with E-state index in [0.29, 0.717) is 34.3 Å². The molecule has 0 aliphatic heterocycles. The monoisotopic (exact) mass is 501 g/mol. The normalized spacial score (nSPS) is 12.6. The molecule has 0 aliphatic carbocycles. The molecule has 0 saturated heterocycles. The number of nitrogens with zero attached hydrogens (tertiary/aromatic N) is 5. The minimum atomic E-state index is -3.41. The SMILES string of the molecule is Cc1cnc(-c2cc(-c3ccon3)n(Cc3ccccc3F)n2)nc1NCC(O)CNS(C)(=O)=O.